The van der Waals surface area contributed by atoms with Gasteiger partial charge in [-0.25, -0.2) is 0 Å². The molecule has 3 rings (SSSR count). The van der Waals surface area contributed by atoms with E-state index in [-0.39, 0.29) is 0 Å². The van der Waals surface area contributed by atoms with Crippen molar-refractivity contribution in [3.8, 4) is 5.75 Å². The van der Waals surface area contributed by atoms with E-state index in [4.69, 9.17) is 4.74 Å². The number of hydroxylamine groups is 3. The van der Waals surface area contributed by atoms with Crippen LogP contribution in [0.15, 0.2) is 42.5 Å². The summed E-state index contributed by atoms with van der Waals surface area (Å²) in [5.41, 5.74) is 2.27. The molecule has 29 heavy (non-hydrogen) atoms. The lowest BCUT2D eigenvalue weighted by molar-refractivity contribution is -0.183. The molecule has 0 saturated heterocycles. The molecule has 3 aromatic carbocycles. The Hall–Kier alpha value is -2.51. The molecule has 6 nitrogen and oxygen atoms in total. The molecule has 0 amide bonds. The number of nitrogens with one attached hydrogen (secondary N) is 1. The zero-order chi connectivity index (χ0) is 21.4. The van der Waals surface area contributed by atoms with Crippen LogP contribution in [0, 0.1) is 0 Å². The van der Waals surface area contributed by atoms with E-state index < -0.39 is 11.1 Å². The van der Waals surface area contributed by atoms with Crippen LogP contribution in [0.2, 0.25) is 0 Å². The molecule has 0 bridgehead atoms. The summed E-state index contributed by atoms with van der Waals surface area (Å²) < 4.78 is 5.68. The Morgan fingerprint density at radius 2 is 1.69 bits per heavy atom. The van der Waals surface area contributed by atoms with Gasteiger partial charge in [-0.1, -0.05) is 42.5 Å². The number of ether oxygens (including phenoxy) is 1. The molecule has 0 heterocycles. The fourth-order valence-corrected chi connectivity index (χ4v) is 3.83. The van der Waals surface area contributed by atoms with Crippen molar-refractivity contribution in [2.75, 3.05) is 14.2 Å². The third-order valence-corrected chi connectivity index (χ3v) is 6.37. The Balaban J connectivity index is 2.22. The van der Waals surface area contributed by atoms with Gasteiger partial charge in [-0.3, -0.25) is 4.79 Å². The quantitative estimate of drug-likeness (QED) is 0.316. The number of methoxy groups -OCH3 is 1. The maximum Gasteiger partial charge on any atom is 0.151 e. The third-order valence-electron chi connectivity index (χ3n) is 6.37. The molecule has 0 fully saturated rings. The van der Waals surface area contributed by atoms with Crippen LogP contribution in [0.1, 0.15) is 36.7 Å². The Bertz CT molecular complexity index is 1060. The largest absolute Gasteiger partial charge is 0.495 e. The second kappa shape index (κ2) is 7.72. The highest BCUT2D eigenvalue weighted by Gasteiger charge is 2.44. The van der Waals surface area contributed by atoms with Crippen molar-refractivity contribution in [1.82, 2.24) is 10.5 Å². The summed E-state index contributed by atoms with van der Waals surface area (Å²) in [4.78, 5) is 12.0. The fourth-order valence-electron chi connectivity index (χ4n) is 3.83. The Morgan fingerprint density at radius 3 is 2.24 bits per heavy atom. The molecule has 0 aliphatic rings. The van der Waals surface area contributed by atoms with Crippen molar-refractivity contribution in [3.63, 3.8) is 0 Å². The molecule has 0 saturated carbocycles. The predicted molar refractivity (Wildman–Crippen MR) is 114 cm³/mol. The molecule has 3 aromatic rings. The molecule has 0 radical (unpaired) electrons. The first-order chi connectivity index (χ1) is 13.7. The minimum Gasteiger partial charge on any atom is -0.495 e. The molecular weight excluding hydrogens is 368 g/mol. The van der Waals surface area contributed by atoms with Gasteiger partial charge < -0.3 is 15.2 Å². The highest BCUT2D eigenvalue weighted by molar-refractivity contribution is 6.16. The third kappa shape index (κ3) is 3.38. The highest BCUT2D eigenvalue weighted by Crippen LogP contribution is 2.39. The van der Waals surface area contributed by atoms with Crippen LogP contribution >= 0.6 is 0 Å². The van der Waals surface area contributed by atoms with Gasteiger partial charge in [0.25, 0.3) is 0 Å². The first kappa shape index (κ1) is 21.2. The number of aldehydes is 1. The van der Waals surface area contributed by atoms with Gasteiger partial charge in [0.05, 0.1) is 18.2 Å². The number of hydrogen-bond donors (Lipinski definition) is 3. The molecule has 1 unspecified atom stereocenters. The summed E-state index contributed by atoms with van der Waals surface area (Å²) in [6, 6.07) is 13.5. The molecule has 0 spiro atoms. The van der Waals surface area contributed by atoms with Gasteiger partial charge in [0.15, 0.2) is 6.29 Å². The molecule has 6 heteroatoms. The maximum absolute atomic E-state index is 12.0. The molecular formula is C23H28N2O4. The molecule has 0 aliphatic carbocycles. The normalized spacial score (nSPS) is 14.3. The van der Waals surface area contributed by atoms with E-state index in [2.05, 4.69) is 5.48 Å². The Morgan fingerprint density at radius 1 is 1.07 bits per heavy atom. The number of hydrogen-bond acceptors (Lipinski definition) is 6. The van der Waals surface area contributed by atoms with Gasteiger partial charge in [-0.05, 0) is 43.5 Å². The summed E-state index contributed by atoms with van der Waals surface area (Å²) in [6.07, 6.45) is 1.30. The van der Waals surface area contributed by atoms with Crippen molar-refractivity contribution < 1.29 is 19.9 Å². The molecule has 1 atom stereocenters. The summed E-state index contributed by atoms with van der Waals surface area (Å²) in [5.74, 6) is 0.728. The minimum atomic E-state index is -0.855. The topological polar surface area (TPSA) is 82.0 Å². The number of likely N-dealkylation sites (N-methyl/N-ethyl adjacent to an activating group) is 1. The number of rotatable bonds is 7. The summed E-state index contributed by atoms with van der Waals surface area (Å²) in [5, 5.41) is 24.5. The van der Waals surface area contributed by atoms with Crippen molar-refractivity contribution in [1.29, 1.82) is 0 Å². The predicted octanol–water partition coefficient (Wildman–Crippen LogP) is 4.19. The standard InChI is InChI=1S/C23H28N2O4/c1-22(2,25(4)28)23(3,24-27)13-15-10-11-18-19(12-15)20(14-26)16-8-6-7-9-17(16)21(18)29-5/h6-12,14,24,27-28H,13H2,1-5H3. The summed E-state index contributed by atoms with van der Waals surface area (Å²) in [6.45, 7) is 5.51. The lowest BCUT2D eigenvalue weighted by atomic mass is 9.76. The van der Waals surface area contributed by atoms with Crippen molar-refractivity contribution >= 4 is 27.8 Å². The molecule has 3 N–H and O–H groups in total. The molecule has 0 aromatic heterocycles. The smallest absolute Gasteiger partial charge is 0.151 e. The second-order valence-corrected chi connectivity index (χ2v) is 8.19. The molecule has 0 aliphatic heterocycles. The van der Waals surface area contributed by atoms with Gasteiger partial charge in [0, 0.05) is 23.4 Å². The average molecular weight is 396 g/mol. The van der Waals surface area contributed by atoms with E-state index in [1.54, 1.807) is 14.2 Å². The number of fused-ring (bicyclic) bond motifs is 2. The van der Waals surface area contributed by atoms with Crippen LogP contribution in [0.3, 0.4) is 0 Å². The first-order valence-electron chi connectivity index (χ1n) is 9.50. The van der Waals surface area contributed by atoms with Crippen LogP contribution in [-0.2, 0) is 6.42 Å². The van der Waals surface area contributed by atoms with E-state index in [9.17, 15) is 15.2 Å². The summed E-state index contributed by atoms with van der Waals surface area (Å²) >= 11 is 0. The number of benzene rings is 3. The zero-order valence-corrected chi connectivity index (χ0v) is 17.5. The van der Waals surface area contributed by atoms with E-state index in [1.807, 2.05) is 63.2 Å². The monoisotopic (exact) mass is 396 g/mol. The first-order valence-corrected chi connectivity index (χ1v) is 9.50. The van der Waals surface area contributed by atoms with Crippen LogP contribution in [0.4, 0.5) is 0 Å². The maximum atomic E-state index is 12.0. The highest BCUT2D eigenvalue weighted by atomic mass is 16.5. The Kier molecular flexibility index (Phi) is 5.65. The van der Waals surface area contributed by atoms with Gasteiger partial charge in [-0.2, -0.15) is 10.5 Å². The Labute approximate surface area is 170 Å². The second-order valence-electron chi connectivity index (χ2n) is 8.19. The zero-order valence-electron chi connectivity index (χ0n) is 17.5. The van der Waals surface area contributed by atoms with Crippen LogP contribution in [-0.4, -0.2) is 47.0 Å². The van der Waals surface area contributed by atoms with Crippen molar-refractivity contribution in [2.45, 2.75) is 38.3 Å². The van der Waals surface area contributed by atoms with E-state index in [0.29, 0.717) is 12.0 Å². The van der Waals surface area contributed by atoms with Crippen LogP contribution in [0.5, 0.6) is 5.75 Å². The number of carbonyl (C=O) groups excluding carboxylic acids is 1. The minimum absolute atomic E-state index is 0.421. The van der Waals surface area contributed by atoms with E-state index in [1.165, 1.54) is 0 Å². The van der Waals surface area contributed by atoms with Crippen LogP contribution < -0.4 is 10.2 Å². The average Bonchev–Trinajstić information content (AvgIpc) is 2.71. The lowest BCUT2D eigenvalue weighted by Gasteiger charge is -2.46. The SMILES string of the molecule is COc1c2ccccc2c(C=O)c2cc(CC(C)(NO)C(C)(C)N(C)O)ccc12. The van der Waals surface area contributed by atoms with Crippen molar-refractivity contribution in [2.24, 2.45) is 0 Å². The van der Waals surface area contributed by atoms with Gasteiger partial charge in [0.2, 0.25) is 0 Å². The number of nitrogens with zero attached hydrogens (tertiary/aromatic N) is 1. The van der Waals surface area contributed by atoms with Gasteiger partial charge in [-0.15, -0.1) is 0 Å². The molecule has 154 valence electrons. The van der Waals surface area contributed by atoms with Crippen LogP contribution in [0.25, 0.3) is 21.5 Å². The number of carbonyl (C=O) groups is 1. The fraction of sp³-hybridized carbons (Fsp3) is 0.348. The van der Waals surface area contributed by atoms with E-state index >= 15 is 0 Å². The van der Waals surface area contributed by atoms with E-state index in [0.717, 1.165) is 44.2 Å². The van der Waals surface area contributed by atoms with Gasteiger partial charge >= 0.3 is 0 Å². The van der Waals surface area contributed by atoms with Crippen molar-refractivity contribution in [3.05, 3.63) is 53.6 Å². The lowest BCUT2D eigenvalue weighted by Crippen LogP contribution is -2.64. The van der Waals surface area contributed by atoms with Gasteiger partial charge in [0.1, 0.15) is 5.75 Å². The summed E-state index contributed by atoms with van der Waals surface area (Å²) in [7, 11) is 3.18.